The predicted octanol–water partition coefficient (Wildman–Crippen LogP) is 2.81. The van der Waals surface area contributed by atoms with Crippen molar-refractivity contribution in [2.24, 2.45) is 0 Å². The van der Waals surface area contributed by atoms with Crippen LogP contribution >= 0.6 is 0 Å². The van der Waals surface area contributed by atoms with Gasteiger partial charge in [-0.05, 0) is 36.8 Å². The Labute approximate surface area is 160 Å². The molecule has 4 rings (SSSR count). The number of carbonyl (C=O) groups excluding carboxylic acids is 1. The fraction of sp³-hybridized carbons (Fsp3) is 0.143. The highest BCUT2D eigenvalue weighted by atomic mass is 16.5. The van der Waals surface area contributed by atoms with Crippen molar-refractivity contribution in [1.29, 1.82) is 0 Å². The number of hydrogen-bond acceptors (Lipinski definition) is 5. The molecular weight excluding hydrogens is 356 g/mol. The Morgan fingerprint density at radius 2 is 1.96 bits per heavy atom. The number of nitrogens with zero attached hydrogens (tertiary/aromatic N) is 4. The highest BCUT2D eigenvalue weighted by Crippen LogP contribution is 2.15. The van der Waals surface area contributed by atoms with Gasteiger partial charge in [-0.15, -0.1) is 0 Å². The SMILES string of the molecule is CCOC(=O)c1cn(Cc2ccc(-n3cccn3)cc2)c2cnccc2c1=O. The number of benzene rings is 1. The van der Waals surface area contributed by atoms with Crippen molar-refractivity contribution in [2.75, 3.05) is 6.61 Å². The predicted molar refractivity (Wildman–Crippen MR) is 105 cm³/mol. The fourth-order valence-corrected chi connectivity index (χ4v) is 3.09. The zero-order chi connectivity index (χ0) is 19.5. The molecule has 0 unspecified atom stereocenters. The number of aromatic nitrogens is 4. The molecule has 4 aromatic rings. The van der Waals surface area contributed by atoms with Crippen molar-refractivity contribution in [2.45, 2.75) is 13.5 Å². The number of esters is 1. The summed E-state index contributed by atoms with van der Waals surface area (Å²) in [6, 6.07) is 11.4. The van der Waals surface area contributed by atoms with E-state index in [0.29, 0.717) is 17.4 Å². The van der Waals surface area contributed by atoms with Crippen LogP contribution in [0.3, 0.4) is 0 Å². The van der Waals surface area contributed by atoms with Crippen LogP contribution in [0.4, 0.5) is 0 Å². The molecule has 0 spiro atoms. The molecule has 0 saturated heterocycles. The van der Waals surface area contributed by atoms with E-state index in [1.807, 2.05) is 41.1 Å². The number of ether oxygens (including phenoxy) is 1. The lowest BCUT2D eigenvalue weighted by Gasteiger charge is -2.13. The van der Waals surface area contributed by atoms with Gasteiger partial charge in [-0.2, -0.15) is 5.10 Å². The maximum absolute atomic E-state index is 12.7. The van der Waals surface area contributed by atoms with Crippen LogP contribution in [0.1, 0.15) is 22.8 Å². The van der Waals surface area contributed by atoms with E-state index in [2.05, 4.69) is 10.1 Å². The highest BCUT2D eigenvalue weighted by Gasteiger charge is 2.16. The number of carbonyl (C=O) groups is 1. The maximum atomic E-state index is 12.7. The quantitative estimate of drug-likeness (QED) is 0.502. The number of pyridine rings is 2. The van der Waals surface area contributed by atoms with Gasteiger partial charge in [0.2, 0.25) is 5.43 Å². The van der Waals surface area contributed by atoms with E-state index in [4.69, 9.17) is 4.74 Å². The van der Waals surface area contributed by atoms with E-state index in [0.717, 1.165) is 11.3 Å². The Morgan fingerprint density at radius 3 is 2.68 bits per heavy atom. The first-order valence-corrected chi connectivity index (χ1v) is 8.90. The summed E-state index contributed by atoms with van der Waals surface area (Å²) >= 11 is 0. The molecule has 0 N–H and O–H groups in total. The van der Waals surface area contributed by atoms with Gasteiger partial charge in [0.25, 0.3) is 0 Å². The fourth-order valence-electron chi connectivity index (χ4n) is 3.09. The second-order valence-electron chi connectivity index (χ2n) is 6.23. The summed E-state index contributed by atoms with van der Waals surface area (Å²) in [4.78, 5) is 29.0. The Morgan fingerprint density at radius 1 is 1.14 bits per heavy atom. The van der Waals surface area contributed by atoms with Crippen LogP contribution in [0, 0.1) is 0 Å². The average molecular weight is 374 g/mol. The van der Waals surface area contributed by atoms with Crippen molar-refractivity contribution >= 4 is 16.9 Å². The van der Waals surface area contributed by atoms with E-state index in [9.17, 15) is 9.59 Å². The summed E-state index contributed by atoms with van der Waals surface area (Å²) in [6.07, 6.45) is 8.32. The summed E-state index contributed by atoms with van der Waals surface area (Å²) in [7, 11) is 0. The summed E-state index contributed by atoms with van der Waals surface area (Å²) < 4.78 is 8.67. The molecule has 0 amide bonds. The van der Waals surface area contributed by atoms with Crippen LogP contribution in [-0.2, 0) is 11.3 Å². The van der Waals surface area contributed by atoms with Crippen molar-refractivity contribution in [3.05, 3.63) is 88.7 Å². The van der Waals surface area contributed by atoms with Gasteiger partial charge >= 0.3 is 5.97 Å². The van der Waals surface area contributed by atoms with E-state index < -0.39 is 5.97 Å². The van der Waals surface area contributed by atoms with Gasteiger partial charge in [0, 0.05) is 36.7 Å². The van der Waals surface area contributed by atoms with E-state index in [1.54, 1.807) is 42.5 Å². The summed E-state index contributed by atoms with van der Waals surface area (Å²) in [5.41, 5.74) is 2.30. The minimum Gasteiger partial charge on any atom is -0.462 e. The molecule has 7 heteroatoms. The molecule has 0 aliphatic carbocycles. The van der Waals surface area contributed by atoms with E-state index >= 15 is 0 Å². The van der Waals surface area contributed by atoms with Gasteiger partial charge in [-0.1, -0.05) is 12.1 Å². The second-order valence-corrected chi connectivity index (χ2v) is 6.23. The Kier molecular flexibility index (Phi) is 4.72. The molecule has 3 heterocycles. The number of hydrogen-bond donors (Lipinski definition) is 0. The molecular formula is C21H18N4O3. The molecule has 3 aromatic heterocycles. The molecule has 0 radical (unpaired) electrons. The molecule has 140 valence electrons. The third-order valence-corrected chi connectivity index (χ3v) is 4.44. The van der Waals surface area contributed by atoms with Gasteiger partial charge in [-0.25, -0.2) is 9.48 Å². The van der Waals surface area contributed by atoms with Crippen molar-refractivity contribution in [3.63, 3.8) is 0 Å². The normalized spacial score (nSPS) is 10.9. The molecule has 28 heavy (non-hydrogen) atoms. The first kappa shape index (κ1) is 17.7. The van der Waals surface area contributed by atoms with Gasteiger partial charge in [0.05, 0.1) is 24.0 Å². The largest absolute Gasteiger partial charge is 0.462 e. The lowest BCUT2D eigenvalue weighted by molar-refractivity contribution is 0.0524. The van der Waals surface area contributed by atoms with Gasteiger partial charge in [0.1, 0.15) is 5.56 Å². The Bertz CT molecular complexity index is 1180. The van der Waals surface area contributed by atoms with E-state index in [1.165, 1.54) is 0 Å². The third-order valence-electron chi connectivity index (χ3n) is 4.44. The topological polar surface area (TPSA) is 79.0 Å². The molecule has 7 nitrogen and oxygen atoms in total. The Hall–Kier alpha value is -3.74. The summed E-state index contributed by atoms with van der Waals surface area (Å²) in [6.45, 7) is 2.40. The molecule has 0 bridgehead atoms. The average Bonchev–Trinajstić information content (AvgIpc) is 3.26. The summed E-state index contributed by atoms with van der Waals surface area (Å²) in [5.74, 6) is -0.617. The standard InChI is InChI=1S/C21H18N4O3/c1-2-28-21(27)18-14-24(19-12-22-10-8-17(19)20(18)26)13-15-4-6-16(7-5-15)25-11-3-9-23-25/h3-12,14H,2,13H2,1H3. The van der Waals surface area contributed by atoms with E-state index in [-0.39, 0.29) is 17.6 Å². The second kappa shape index (κ2) is 7.48. The monoisotopic (exact) mass is 374 g/mol. The lowest BCUT2D eigenvalue weighted by Crippen LogP contribution is -2.21. The zero-order valence-electron chi connectivity index (χ0n) is 15.3. The maximum Gasteiger partial charge on any atom is 0.343 e. The van der Waals surface area contributed by atoms with Gasteiger partial charge in [0.15, 0.2) is 0 Å². The van der Waals surface area contributed by atoms with Gasteiger partial charge in [-0.3, -0.25) is 9.78 Å². The highest BCUT2D eigenvalue weighted by molar-refractivity contribution is 5.93. The van der Waals surface area contributed by atoms with Crippen LogP contribution in [-0.4, -0.2) is 31.9 Å². The zero-order valence-corrected chi connectivity index (χ0v) is 15.3. The van der Waals surface area contributed by atoms with Crippen LogP contribution in [0.15, 0.2) is 72.2 Å². The minimum absolute atomic E-state index is 0.0220. The van der Waals surface area contributed by atoms with Crippen molar-refractivity contribution < 1.29 is 9.53 Å². The lowest BCUT2D eigenvalue weighted by atomic mass is 10.1. The van der Waals surface area contributed by atoms with Crippen LogP contribution in [0.2, 0.25) is 0 Å². The van der Waals surface area contributed by atoms with Crippen LogP contribution < -0.4 is 5.43 Å². The molecule has 0 saturated carbocycles. The number of fused-ring (bicyclic) bond motifs is 1. The first-order valence-electron chi connectivity index (χ1n) is 8.90. The Balaban J connectivity index is 1.74. The van der Waals surface area contributed by atoms with Crippen molar-refractivity contribution in [1.82, 2.24) is 19.3 Å². The van der Waals surface area contributed by atoms with Crippen LogP contribution in [0.5, 0.6) is 0 Å². The first-order chi connectivity index (χ1) is 13.7. The molecule has 0 atom stereocenters. The molecule has 0 aliphatic rings. The molecule has 0 aliphatic heterocycles. The van der Waals surface area contributed by atoms with Gasteiger partial charge < -0.3 is 9.30 Å². The van der Waals surface area contributed by atoms with Crippen molar-refractivity contribution in [3.8, 4) is 5.69 Å². The molecule has 0 fully saturated rings. The van der Waals surface area contributed by atoms with Crippen LogP contribution in [0.25, 0.3) is 16.6 Å². The summed E-state index contributed by atoms with van der Waals surface area (Å²) in [5, 5.41) is 4.65. The third kappa shape index (κ3) is 3.29. The smallest absolute Gasteiger partial charge is 0.343 e. The minimum atomic E-state index is -0.617. The molecule has 1 aromatic carbocycles. The number of rotatable bonds is 5.